The molecule has 1 aromatic rings. The molecule has 1 N–H and O–H groups in total. The minimum absolute atomic E-state index is 0.0732. The molecule has 108 valence electrons. The molecule has 6 heteroatoms. The lowest BCUT2D eigenvalue weighted by Crippen LogP contribution is -2.31. The lowest BCUT2D eigenvalue weighted by Gasteiger charge is -2.20. The normalized spacial score (nSPS) is 9.75. The van der Waals surface area contributed by atoms with E-state index in [4.69, 9.17) is 9.47 Å². The highest BCUT2D eigenvalue weighted by Crippen LogP contribution is 2.25. The molecule has 0 heterocycles. The molecule has 0 saturated heterocycles. The third-order valence-corrected chi connectivity index (χ3v) is 2.68. The summed E-state index contributed by atoms with van der Waals surface area (Å²) >= 11 is 0. The van der Waals surface area contributed by atoms with Crippen LogP contribution in [-0.4, -0.2) is 39.8 Å². The number of hydrogen-bond acceptors (Lipinski definition) is 5. The first-order chi connectivity index (χ1) is 9.54. The van der Waals surface area contributed by atoms with Gasteiger partial charge in [-0.2, -0.15) is 0 Å². The number of nitrogens with zero attached hydrogens (tertiary/aromatic N) is 1. The molecular weight excluding hydrogens is 260 g/mol. The maximum absolute atomic E-state index is 11.9. The zero-order valence-electron chi connectivity index (χ0n) is 11.8. The molecular formula is C14H18N2O4. The molecule has 0 radical (unpaired) electrons. The minimum atomic E-state index is -0.512. The van der Waals surface area contributed by atoms with Gasteiger partial charge >= 0.3 is 5.97 Å². The van der Waals surface area contributed by atoms with Crippen LogP contribution in [0.15, 0.2) is 31.0 Å². The van der Waals surface area contributed by atoms with Crippen LogP contribution in [0.1, 0.15) is 10.4 Å². The van der Waals surface area contributed by atoms with Gasteiger partial charge in [0.1, 0.15) is 6.61 Å². The van der Waals surface area contributed by atoms with Crippen molar-refractivity contribution in [2.45, 2.75) is 0 Å². The van der Waals surface area contributed by atoms with Gasteiger partial charge in [0.25, 0.3) is 5.91 Å². The monoisotopic (exact) mass is 278 g/mol. The molecule has 6 nitrogen and oxygen atoms in total. The summed E-state index contributed by atoms with van der Waals surface area (Å²) in [6.45, 7) is 3.49. The smallest absolute Gasteiger partial charge is 0.339 e. The van der Waals surface area contributed by atoms with Crippen LogP contribution in [0.25, 0.3) is 0 Å². The van der Waals surface area contributed by atoms with Gasteiger partial charge in [0.15, 0.2) is 0 Å². The molecule has 0 aromatic heterocycles. The molecule has 0 aliphatic carbocycles. The summed E-state index contributed by atoms with van der Waals surface area (Å²) in [5.41, 5.74) is 1.44. The second kappa shape index (κ2) is 7.30. The third-order valence-electron chi connectivity index (χ3n) is 2.68. The largest absolute Gasteiger partial charge is 0.465 e. The quantitative estimate of drug-likeness (QED) is 0.801. The number of benzene rings is 1. The lowest BCUT2D eigenvalue weighted by molar-refractivity contribution is -0.121. The first-order valence-electron chi connectivity index (χ1n) is 5.90. The Labute approximate surface area is 118 Å². The molecule has 1 aromatic carbocycles. The highest BCUT2D eigenvalue weighted by Gasteiger charge is 2.19. The molecule has 1 rings (SSSR count). The van der Waals surface area contributed by atoms with Gasteiger partial charge in [0.2, 0.25) is 0 Å². The maximum Gasteiger partial charge on any atom is 0.339 e. The van der Waals surface area contributed by atoms with E-state index in [1.165, 1.54) is 25.3 Å². The summed E-state index contributed by atoms with van der Waals surface area (Å²) in [6, 6.07) is 4.96. The molecule has 0 bridgehead atoms. The van der Waals surface area contributed by atoms with Gasteiger partial charge < -0.3 is 19.7 Å². The molecule has 1 amide bonds. The second-order valence-electron chi connectivity index (χ2n) is 3.96. The van der Waals surface area contributed by atoms with E-state index >= 15 is 0 Å². The fourth-order valence-corrected chi connectivity index (χ4v) is 1.65. The summed E-state index contributed by atoms with van der Waals surface area (Å²) < 4.78 is 9.53. The molecule has 20 heavy (non-hydrogen) atoms. The Kier molecular flexibility index (Phi) is 5.74. The Morgan fingerprint density at radius 2 is 2.10 bits per heavy atom. The number of carbonyl (C=O) groups excluding carboxylic acids is 2. The van der Waals surface area contributed by atoms with Gasteiger partial charge in [-0.25, -0.2) is 4.79 Å². The zero-order valence-corrected chi connectivity index (χ0v) is 11.8. The third kappa shape index (κ3) is 3.58. The molecule has 0 fully saturated rings. The van der Waals surface area contributed by atoms with Crippen molar-refractivity contribution in [2.24, 2.45) is 0 Å². The molecule has 0 spiro atoms. The first-order valence-corrected chi connectivity index (χ1v) is 5.90. The van der Waals surface area contributed by atoms with E-state index in [0.29, 0.717) is 16.9 Å². The molecule has 0 atom stereocenters. The molecule has 0 aliphatic heterocycles. The van der Waals surface area contributed by atoms with E-state index in [1.54, 1.807) is 25.2 Å². The van der Waals surface area contributed by atoms with E-state index in [0.717, 1.165) is 0 Å². The average Bonchev–Trinajstić information content (AvgIpc) is 2.46. The number of ether oxygens (including phenoxy) is 2. The van der Waals surface area contributed by atoms with E-state index in [1.807, 2.05) is 0 Å². The van der Waals surface area contributed by atoms with Gasteiger partial charge in [-0.05, 0) is 24.4 Å². The van der Waals surface area contributed by atoms with E-state index in [-0.39, 0.29) is 12.5 Å². The number of esters is 1. The highest BCUT2D eigenvalue weighted by atomic mass is 16.5. The molecule has 0 unspecified atom stereocenters. The number of hydrogen-bond donors (Lipinski definition) is 1. The van der Waals surface area contributed by atoms with Crippen molar-refractivity contribution in [3.8, 4) is 0 Å². The van der Waals surface area contributed by atoms with Crippen LogP contribution in [0.2, 0.25) is 0 Å². The number of rotatable bonds is 6. The summed E-state index contributed by atoms with van der Waals surface area (Å²) in [5.74, 6) is -0.782. The van der Waals surface area contributed by atoms with Crippen molar-refractivity contribution in [3.63, 3.8) is 0 Å². The fraction of sp³-hybridized carbons (Fsp3) is 0.286. The highest BCUT2D eigenvalue weighted by molar-refractivity contribution is 6.03. The van der Waals surface area contributed by atoms with Gasteiger partial charge in [-0.3, -0.25) is 4.79 Å². The van der Waals surface area contributed by atoms with E-state index in [2.05, 4.69) is 11.9 Å². The summed E-state index contributed by atoms with van der Waals surface area (Å²) in [6.07, 6.45) is 1.51. The summed E-state index contributed by atoms with van der Waals surface area (Å²) in [4.78, 5) is 25.0. The fourth-order valence-electron chi connectivity index (χ4n) is 1.65. The summed E-state index contributed by atoms with van der Waals surface area (Å²) in [5, 5.41) is 2.90. The van der Waals surface area contributed by atoms with Crippen molar-refractivity contribution >= 4 is 23.3 Å². The van der Waals surface area contributed by atoms with Crippen LogP contribution in [-0.2, 0) is 14.3 Å². The van der Waals surface area contributed by atoms with Gasteiger partial charge in [-0.15, -0.1) is 0 Å². The van der Waals surface area contributed by atoms with Crippen molar-refractivity contribution < 1.29 is 19.1 Å². The van der Waals surface area contributed by atoms with Gasteiger partial charge in [0, 0.05) is 19.8 Å². The first kappa shape index (κ1) is 15.7. The zero-order chi connectivity index (χ0) is 15.1. The number of carbonyl (C=O) groups is 2. The Balaban J connectivity index is 3.22. The minimum Gasteiger partial charge on any atom is -0.465 e. The predicted octanol–water partition coefficient (Wildman–Crippen LogP) is 1.64. The Bertz CT molecular complexity index is 514. The van der Waals surface area contributed by atoms with Crippen LogP contribution in [0.3, 0.4) is 0 Å². The van der Waals surface area contributed by atoms with Crippen molar-refractivity contribution in [3.05, 3.63) is 36.5 Å². The Morgan fingerprint density at radius 1 is 1.40 bits per heavy atom. The summed E-state index contributed by atoms with van der Waals surface area (Å²) in [7, 11) is 4.29. The van der Waals surface area contributed by atoms with E-state index in [9.17, 15) is 9.59 Å². The number of anilines is 2. The topological polar surface area (TPSA) is 67.9 Å². The lowest BCUT2D eigenvalue weighted by atomic mass is 10.1. The second-order valence-corrected chi connectivity index (χ2v) is 3.96. The average molecular weight is 278 g/mol. The van der Waals surface area contributed by atoms with Crippen molar-refractivity contribution in [1.82, 2.24) is 0 Å². The SMILES string of the molecule is C=CNc1ccc(C(=O)OC)c(N(C)C(=O)COC)c1. The van der Waals surface area contributed by atoms with Crippen molar-refractivity contribution in [1.29, 1.82) is 0 Å². The molecule has 0 aliphatic rings. The number of methoxy groups -OCH3 is 2. The predicted molar refractivity (Wildman–Crippen MR) is 76.9 cm³/mol. The van der Waals surface area contributed by atoms with Crippen LogP contribution < -0.4 is 10.2 Å². The van der Waals surface area contributed by atoms with Gasteiger partial charge in [-0.1, -0.05) is 6.58 Å². The van der Waals surface area contributed by atoms with E-state index < -0.39 is 5.97 Å². The Hall–Kier alpha value is -2.34. The number of nitrogens with one attached hydrogen (secondary N) is 1. The number of amides is 1. The standard InChI is InChI=1S/C14H18N2O4/c1-5-15-10-6-7-11(14(18)20-4)12(8-10)16(2)13(17)9-19-3/h5-8,15H,1,9H2,2-4H3. The van der Waals surface area contributed by atoms with Crippen LogP contribution >= 0.6 is 0 Å². The van der Waals surface area contributed by atoms with Crippen LogP contribution in [0.4, 0.5) is 11.4 Å². The van der Waals surface area contributed by atoms with Gasteiger partial charge in [0.05, 0.1) is 18.4 Å². The maximum atomic E-state index is 11.9. The number of likely N-dealkylation sites (N-methyl/N-ethyl adjacent to an activating group) is 1. The van der Waals surface area contributed by atoms with Crippen LogP contribution in [0.5, 0.6) is 0 Å². The molecule has 0 saturated carbocycles. The van der Waals surface area contributed by atoms with Crippen molar-refractivity contribution in [2.75, 3.05) is 38.1 Å². The van der Waals surface area contributed by atoms with Crippen LogP contribution in [0, 0.1) is 0 Å². The Morgan fingerprint density at radius 3 is 2.65 bits per heavy atom.